The Bertz CT molecular complexity index is 830. The SMILES string of the molecule is CCNC(=O)c1cc(S(=O)(=O)Nc2ccc(OC)cc2OC)cs1. The number of carbonyl (C=O) groups is 1. The average Bonchev–Trinajstić information content (AvgIpc) is 3.06. The van der Waals surface area contributed by atoms with Crippen LogP contribution in [0.1, 0.15) is 16.6 Å². The Balaban J connectivity index is 2.27. The van der Waals surface area contributed by atoms with Crippen LogP contribution < -0.4 is 19.5 Å². The van der Waals surface area contributed by atoms with Gasteiger partial charge in [0.15, 0.2) is 0 Å². The molecule has 0 saturated heterocycles. The molecule has 2 aromatic rings. The van der Waals surface area contributed by atoms with Gasteiger partial charge in [-0.05, 0) is 25.1 Å². The molecule has 7 nitrogen and oxygen atoms in total. The number of anilines is 1. The van der Waals surface area contributed by atoms with Crippen LogP contribution in [0.15, 0.2) is 34.5 Å². The maximum atomic E-state index is 12.5. The van der Waals surface area contributed by atoms with Gasteiger partial charge >= 0.3 is 0 Å². The van der Waals surface area contributed by atoms with Gasteiger partial charge in [-0.3, -0.25) is 9.52 Å². The summed E-state index contributed by atoms with van der Waals surface area (Å²) in [7, 11) is -0.892. The highest BCUT2D eigenvalue weighted by molar-refractivity contribution is 7.92. The van der Waals surface area contributed by atoms with Crippen LogP contribution in [0.2, 0.25) is 0 Å². The van der Waals surface area contributed by atoms with Crippen LogP contribution in [-0.4, -0.2) is 35.1 Å². The fraction of sp³-hybridized carbons (Fsp3) is 0.267. The van der Waals surface area contributed by atoms with Gasteiger partial charge < -0.3 is 14.8 Å². The van der Waals surface area contributed by atoms with Crippen molar-refractivity contribution in [2.24, 2.45) is 0 Å². The summed E-state index contributed by atoms with van der Waals surface area (Å²) in [6.45, 7) is 2.26. The lowest BCUT2D eigenvalue weighted by Gasteiger charge is -2.12. The molecule has 0 atom stereocenters. The molecule has 0 saturated carbocycles. The second-order valence-electron chi connectivity index (χ2n) is 4.68. The zero-order chi connectivity index (χ0) is 17.7. The second kappa shape index (κ2) is 7.54. The summed E-state index contributed by atoms with van der Waals surface area (Å²) in [5.41, 5.74) is 0.282. The number of hydrogen-bond acceptors (Lipinski definition) is 6. The minimum Gasteiger partial charge on any atom is -0.497 e. The minimum absolute atomic E-state index is 0.0200. The molecule has 0 aliphatic carbocycles. The first-order valence-electron chi connectivity index (χ1n) is 7.02. The van der Waals surface area contributed by atoms with E-state index in [4.69, 9.17) is 9.47 Å². The maximum Gasteiger partial charge on any atom is 0.262 e. The van der Waals surface area contributed by atoms with Gasteiger partial charge in [0.25, 0.3) is 15.9 Å². The van der Waals surface area contributed by atoms with Crippen molar-refractivity contribution in [2.45, 2.75) is 11.8 Å². The number of nitrogens with one attached hydrogen (secondary N) is 2. The molecule has 2 rings (SSSR count). The maximum absolute atomic E-state index is 12.5. The molecule has 0 aliphatic heterocycles. The number of rotatable bonds is 7. The van der Waals surface area contributed by atoms with E-state index in [-0.39, 0.29) is 16.5 Å². The Labute approximate surface area is 144 Å². The fourth-order valence-corrected chi connectivity index (χ4v) is 4.17. The summed E-state index contributed by atoms with van der Waals surface area (Å²) in [6.07, 6.45) is 0. The monoisotopic (exact) mass is 370 g/mol. The van der Waals surface area contributed by atoms with E-state index in [0.717, 1.165) is 11.3 Å². The summed E-state index contributed by atoms with van der Waals surface area (Å²) in [5, 5.41) is 4.05. The Kier molecular flexibility index (Phi) is 5.68. The number of benzene rings is 1. The zero-order valence-corrected chi connectivity index (χ0v) is 15.1. The third kappa shape index (κ3) is 3.98. The van der Waals surface area contributed by atoms with Crippen molar-refractivity contribution in [3.8, 4) is 11.5 Å². The number of methoxy groups -OCH3 is 2. The zero-order valence-electron chi connectivity index (χ0n) is 13.5. The third-order valence-corrected chi connectivity index (χ3v) is 5.52. The largest absolute Gasteiger partial charge is 0.497 e. The first-order chi connectivity index (χ1) is 11.4. The Morgan fingerprint density at radius 2 is 1.96 bits per heavy atom. The van der Waals surface area contributed by atoms with Crippen molar-refractivity contribution in [1.29, 1.82) is 0 Å². The Hall–Kier alpha value is -2.26. The summed E-state index contributed by atoms with van der Waals surface area (Å²) < 4.78 is 37.7. The van der Waals surface area contributed by atoms with Crippen molar-refractivity contribution >= 4 is 33.0 Å². The predicted octanol–water partition coefficient (Wildman–Crippen LogP) is 2.32. The predicted molar refractivity (Wildman–Crippen MR) is 92.7 cm³/mol. The summed E-state index contributed by atoms with van der Waals surface area (Å²) in [4.78, 5) is 12.1. The fourth-order valence-electron chi connectivity index (χ4n) is 1.91. The molecule has 2 N–H and O–H groups in total. The van der Waals surface area contributed by atoms with E-state index in [1.54, 1.807) is 25.1 Å². The number of amides is 1. The van der Waals surface area contributed by atoms with Gasteiger partial charge in [0.2, 0.25) is 0 Å². The van der Waals surface area contributed by atoms with Gasteiger partial charge in [-0.25, -0.2) is 8.42 Å². The van der Waals surface area contributed by atoms with Crippen molar-refractivity contribution in [1.82, 2.24) is 5.32 Å². The van der Waals surface area contributed by atoms with E-state index >= 15 is 0 Å². The molecule has 1 aromatic heterocycles. The van der Waals surface area contributed by atoms with E-state index in [9.17, 15) is 13.2 Å². The van der Waals surface area contributed by atoms with Crippen LogP contribution in [0.3, 0.4) is 0 Å². The molecule has 0 aliphatic rings. The van der Waals surface area contributed by atoms with Gasteiger partial charge in [0.05, 0.1) is 29.7 Å². The van der Waals surface area contributed by atoms with E-state index in [1.807, 2.05) is 0 Å². The second-order valence-corrected chi connectivity index (χ2v) is 7.27. The number of thiophene rings is 1. The van der Waals surface area contributed by atoms with Crippen LogP contribution in [0, 0.1) is 0 Å². The molecular weight excluding hydrogens is 352 g/mol. The van der Waals surface area contributed by atoms with Crippen molar-refractivity contribution in [3.05, 3.63) is 34.5 Å². The Morgan fingerprint density at radius 1 is 1.21 bits per heavy atom. The highest BCUT2D eigenvalue weighted by Gasteiger charge is 2.20. The molecule has 130 valence electrons. The van der Waals surface area contributed by atoms with Gasteiger partial charge in [0, 0.05) is 18.0 Å². The molecule has 9 heteroatoms. The molecule has 0 radical (unpaired) electrons. The number of carbonyl (C=O) groups excluding carboxylic acids is 1. The molecule has 0 fully saturated rings. The van der Waals surface area contributed by atoms with Crippen molar-refractivity contribution in [3.63, 3.8) is 0 Å². The quantitative estimate of drug-likeness (QED) is 0.780. The summed E-state index contributed by atoms with van der Waals surface area (Å²) >= 11 is 1.07. The van der Waals surface area contributed by atoms with Gasteiger partial charge in [-0.2, -0.15) is 0 Å². The molecule has 1 aromatic carbocycles. The lowest BCUT2D eigenvalue weighted by atomic mass is 10.3. The van der Waals surface area contributed by atoms with Crippen molar-refractivity contribution in [2.75, 3.05) is 25.5 Å². The highest BCUT2D eigenvalue weighted by Crippen LogP contribution is 2.31. The average molecular weight is 370 g/mol. The third-order valence-electron chi connectivity index (χ3n) is 3.10. The molecular formula is C15H18N2O5S2. The van der Waals surface area contributed by atoms with Crippen LogP contribution in [-0.2, 0) is 10.0 Å². The summed E-state index contributed by atoms with van der Waals surface area (Å²) in [6, 6.07) is 6.08. The number of ether oxygens (including phenoxy) is 2. The van der Waals surface area contributed by atoms with E-state index in [0.29, 0.717) is 22.9 Å². The minimum atomic E-state index is -3.83. The van der Waals surface area contributed by atoms with Crippen LogP contribution in [0.25, 0.3) is 0 Å². The smallest absolute Gasteiger partial charge is 0.262 e. The number of hydrogen-bond donors (Lipinski definition) is 2. The van der Waals surface area contributed by atoms with Crippen molar-refractivity contribution < 1.29 is 22.7 Å². The summed E-state index contributed by atoms with van der Waals surface area (Å²) in [5.74, 6) is 0.576. The normalized spacial score (nSPS) is 11.0. The van der Waals surface area contributed by atoms with Crippen LogP contribution >= 0.6 is 11.3 Å². The van der Waals surface area contributed by atoms with Crippen LogP contribution in [0.4, 0.5) is 5.69 Å². The van der Waals surface area contributed by atoms with Gasteiger partial charge in [-0.15, -0.1) is 11.3 Å². The molecule has 0 spiro atoms. The van der Waals surface area contributed by atoms with Gasteiger partial charge in [-0.1, -0.05) is 0 Å². The molecule has 0 bridgehead atoms. The van der Waals surface area contributed by atoms with E-state index < -0.39 is 10.0 Å². The first kappa shape index (κ1) is 18.1. The van der Waals surface area contributed by atoms with E-state index in [1.165, 1.54) is 25.7 Å². The first-order valence-corrected chi connectivity index (χ1v) is 9.39. The van der Waals surface area contributed by atoms with E-state index in [2.05, 4.69) is 10.0 Å². The molecule has 1 heterocycles. The van der Waals surface area contributed by atoms with Gasteiger partial charge in [0.1, 0.15) is 11.5 Å². The molecule has 0 unspecified atom stereocenters. The lowest BCUT2D eigenvalue weighted by molar-refractivity contribution is 0.0959. The number of sulfonamides is 1. The standard InChI is InChI=1S/C15H18N2O5S2/c1-4-16-15(18)14-8-11(9-23-14)24(19,20)17-12-6-5-10(21-2)7-13(12)22-3/h5-9,17H,4H2,1-3H3,(H,16,18). The lowest BCUT2D eigenvalue weighted by Crippen LogP contribution is -2.21. The highest BCUT2D eigenvalue weighted by atomic mass is 32.2. The Morgan fingerprint density at radius 3 is 2.58 bits per heavy atom. The molecule has 24 heavy (non-hydrogen) atoms. The topological polar surface area (TPSA) is 93.7 Å². The van der Waals surface area contributed by atoms with Crippen LogP contribution in [0.5, 0.6) is 11.5 Å². The molecule has 1 amide bonds.